The first kappa shape index (κ1) is 40.4. The van der Waals surface area contributed by atoms with Crippen LogP contribution in [0.1, 0.15) is 61.0 Å². The van der Waals surface area contributed by atoms with E-state index in [0.29, 0.717) is 29.9 Å². The molecule has 0 spiro atoms. The summed E-state index contributed by atoms with van der Waals surface area (Å²) >= 11 is 6.24. The van der Waals surface area contributed by atoms with Gasteiger partial charge in [0.05, 0.1) is 22.7 Å². The number of H-pyrrole nitrogens is 1. The minimum Gasteiger partial charge on any atom is -0.455 e. The van der Waals surface area contributed by atoms with Crippen molar-refractivity contribution in [3.63, 3.8) is 0 Å². The number of halogens is 1. The van der Waals surface area contributed by atoms with Gasteiger partial charge in [-0.25, -0.2) is 18.1 Å². The molecule has 14 heteroatoms. The van der Waals surface area contributed by atoms with Gasteiger partial charge in [-0.2, -0.15) is 0 Å². The molecule has 3 aromatic carbocycles. The van der Waals surface area contributed by atoms with E-state index < -0.39 is 15.9 Å². The number of rotatable bonds is 11. The Bertz CT molecular complexity index is 2550. The number of aromatic nitrogens is 2. The summed E-state index contributed by atoms with van der Waals surface area (Å²) in [6.45, 7) is 11.2. The van der Waals surface area contributed by atoms with E-state index in [0.717, 1.165) is 73.8 Å². The summed E-state index contributed by atoms with van der Waals surface area (Å²) < 4.78 is 35.9. The predicted molar refractivity (Wildman–Crippen MR) is 233 cm³/mol. The first-order chi connectivity index (χ1) is 28.2. The number of sulfonamides is 1. The van der Waals surface area contributed by atoms with E-state index in [2.05, 4.69) is 55.8 Å². The van der Waals surface area contributed by atoms with Crippen molar-refractivity contribution in [1.29, 1.82) is 0 Å². The van der Waals surface area contributed by atoms with Crippen LogP contribution in [0.5, 0.6) is 11.5 Å². The van der Waals surface area contributed by atoms with Crippen LogP contribution in [-0.2, 0) is 14.8 Å². The molecule has 1 aliphatic carbocycles. The van der Waals surface area contributed by atoms with Crippen LogP contribution in [0.15, 0.2) is 95.7 Å². The molecule has 4 heterocycles. The van der Waals surface area contributed by atoms with Crippen molar-refractivity contribution in [3.8, 4) is 11.5 Å². The zero-order valence-electron chi connectivity index (χ0n) is 33.8. The lowest BCUT2D eigenvalue weighted by molar-refractivity contribution is -0.126. The second-order valence-electron chi connectivity index (χ2n) is 16.8. The van der Waals surface area contributed by atoms with Crippen LogP contribution >= 0.6 is 11.6 Å². The second-order valence-corrected chi connectivity index (χ2v) is 18.9. The third-order valence-electron chi connectivity index (χ3n) is 11.8. The van der Waals surface area contributed by atoms with Gasteiger partial charge >= 0.3 is 0 Å². The van der Waals surface area contributed by atoms with Crippen LogP contribution < -0.4 is 19.7 Å². The van der Waals surface area contributed by atoms with Crippen molar-refractivity contribution in [2.24, 2.45) is 5.41 Å². The van der Waals surface area contributed by atoms with Gasteiger partial charge in [0.1, 0.15) is 17.1 Å². The third kappa shape index (κ3) is 9.12. The maximum Gasteiger partial charge on any atom is 0.268 e. The molecule has 59 heavy (non-hydrogen) atoms. The van der Waals surface area contributed by atoms with Gasteiger partial charge < -0.3 is 24.8 Å². The maximum atomic E-state index is 13.9. The number of amides is 2. The first-order valence-corrected chi connectivity index (χ1v) is 21.9. The number of nitrogens with zero attached hydrogens (tertiary/aromatic N) is 4. The van der Waals surface area contributed by atoms with Crippen LogP contribution in [0.4, 0.5) is 11.4 Å². The number of anilines is 2. The number of ether oxygens (including phenoxy) is 1. The van der Waals surface area contributed by atoms with Crippen molar-refractivity contribution in [1.82, 2.24) is 24.5 Å². The molecule has 2 amide bonds. The SMILES string of the molecule is Cc1cc(S(=O)(=O)NC(=O)c2ccc(N3CCN(CC4=C(c5ccc(Cl)cc5)CC(C)(C)CC4)CC3)cc2Oc2cnc3[nH]ccc3c2)ccc1NC1CC(=O)N(C)C1. The Morgan fingerprint density at radius 2 is 1.80 bits per heavy atom. The zero-order chi connectivity index (χ0) is 41.5. The highest BCUT2D eigenvalue weighted by Crippen LogP contribution is 2.43. The molecule has 5 aromatic rings. The summed E-state index contributed by atoms with van der Waals surface area (Å²) in [7, 11) is -2.51. The number of hydrogen-bond donors (Lipinski definition) is 3. The molecular weight excluding hydrogens is 786 g/mol. The fourth-order valence-corrected chi connectivity index (χ4v) is 9.54. The fraction of sp³-hybridized carbons (Fsp3) is 0.356. The lowest BCUT2D eigenvalue weighted by Gasteiger charge is -2.39. The molecule has 2 saturated heterocycles. The Morgan fingerprint density at radius 1 is 1.02 bits per heavy atom. The van der Waals surface area contributed by atoms with Crippen molar-refractivity contribution in [2.75, 3.05) is 56.5 Å². The second kappa shape index (κ2) is 16.4. The lowest BCUT2D eigenvalue weighted by Crippen LogP contribution is -2.47. The number of allylic oxidation sites excluding steroid dienone is 1. The normalized spacial score (nSPS) is 18.7. The van der Waals surface area contributed by atoms with Crippen LogP contribution in [0.2, 0.25) is 5.02 Å². The van der Waals surface area contributed by atoms with Crippen LogP contribution in [-0.4, -0.2) is 92.4 Å². The maximum absolute atomic E-state index is 13.9. The molecule has 0 saturated carbocycles. The van der Waals surface area contributed by atoms with Gasteiger partial charge in [-0.05, 0) is 103 Å². The molecular formula is C45H50ClN7O5S. The summed E-state index contributed by atoms with van der Waals surface area (Å²) in [6, 6.07) is 21.7. The van der Waals surface area contributed by atoms with E-state index in [1.807, 2.05) is 30.3 Å². The Morgan fingerprint density at radius 3 is 2.53 bits per heavy atom. The Hall–Kier alpha value is -5.37. The number of fused-ring (bicyclic) bond motifs is 1. The number of likely N-dealkylation sites (tertiary alicyclic amines) is 1. The van der Waals surface area contributed by atoms with Gasteiger partial charge in [-0.3, -0.25) is 14.5 Å². The summed E-state index contributed by atoms with van der Waals surface area (Å²) in [6.07, 6.45) is 6.98. The van der Waals surface area contributed by atoms with Crippen molar-refractivity contribution < 1.29 is 22.7 Å². The number of pyridine rings is 1. The number of aromatic amines is 1. The van der Waals surface area contributed by atoms with Gasteiger partial charge in [0.2, 0.25) is 5.91 Å². The quantitative estimate of drug-likeness (QED) is 0.121. The summed E-state index contributed by atoms with van der Waals surface area (Å²) in [5.41, 5.74) is 7.44. The number of benzene rings is 3. The average Bonchev–Trinajstić information content (AvgIpc) is 3.80. The average molecular weight is 836 g/mol. The molecule has 2 fully saturated rings. The van der Waals surface area contributed by atoms with Crippen molar-refractivity contribution in [2.45, 2.75) is 57.4 Å². The summed E-state index contributed by atoms with van der Waals surface area (Å²) in [4.78, 5) is 39.8. The molecule has 8 rings (SSSR count). The predicted octanol–water partition coefficient (Wildman–Crippen LogP) is 7.86. The van der Waals surface area contributed by atoms with E-state index in [4.69, 9.17) is 16.3 Å². The molecule has 1 unspecified atom stereocenters. The number of carbonyl (C=O) groups excluding carboxylic acids is 2. The van der Waals surface area contributed by atoms with Gasteiger partial charge in [0, 0.05) is 86.8 Å². The Kier molecular flexibility index (Phi) is 11.2. The summed E-state index contributed by atoms with van der Waals surface area (Å²) in [5, 5.41) is 4.91. The van der Waals surface area contributed by atoms with Crippen molar-refractivity contribution in [3.05, 3.63) is 112 Å². The van der Waals surface area contributed by atoms with Crippen LogP contribution in [0.25, 0.3) is 16.6 Å². The highest BCUT2D eigenvalue weighted by molar-refractivity contribution is 7.90. The minimum atomic E-state index is -4.27. The van der Waals surface area contributed by atoms with Crippen molar-refractivity contribution >= 4 is 61.4 Å². The zero-order valence-corrected chi connectivity index (χ0v) is 35.4. The standard InChI is InChI=1S/C45H50ClN7O5S/c1-29-21-37(10-12-40(29)49-34-23-42(54)51(4)28-34)59(56,57)50-44(55)38-11-9-35(24-41(38)58-36-22-31-14-16-47-43(31)48-26-36)53-19-17-52(18-20-53)27-32-13-15-45(2,3)25-39(32)30-5-7-33(46)8-6-30/h5-12,14,16,21-22,24,26,34,49H,13,15,17-20,23,25,27-28H2,1-4H3,(H,47,48)(H,50,55). The molecule has 3 N–H and O–H groups in total. The first-order valence-electron chi connectivity index (χ1n) is 20.1. The fourth-order valence-electron chi connectivity index (χ4n) is 8.36. The Balaban J connectivity index is 0.997. The smallest absolute Gasteiger partial charge is 0.268 e. The van der Waals surface area contributed by atoms with Crippen LogP contribution in [0, 0.1) is 12.3 Å². The molecule has 0 radical (unpaired) electrons. The largest absolute Gasteiger partial charge is 0.455 e. The molecule has 0 bridgehead atoms. The molecule has 3 aliphatic rings. The van der Waals surface area contributed by atoms with Gasteiger partial charge in [0.15, 0.2) is 0 Å². The third-order valence-corrected chi connectivity index (χ3v) is 13.4. The van der Waals surface area contributed by atoms with E-state index in [1.54, 1.807) is 49.5 Å². The molecule has 1 atom stereocenters. The minimum absolute atomic E-state index is 0.0549. The van der Waals surface area contributed by atoms with Gasteiger partial charge in [-0.15, -0.1) is 0 Å². The van der Waals surface area contributed by atoms with Gasteiger partial charge in [-0.1, -0.05) is 43.2 Å². The number of piperazine rings is 1. The van der Waals surface area contributed by atoms with E-state index in [1.165, 1.54) is 28.8 Å². The topological polar surface area (TPSA) is 140 Å². The molecule has 2 aromatic heterocycles. The number of carbonyl (C=O) groups is 2. The molecule has 308 valence electrons. The van der Waals surface area contributed by atoms with Crippen LogP contribution in [0.3, 0.4) is 0 Å². The van der Waals surface area contributed by atoms with E-state index in [-0.39, 0.29) is 33.6 Å². The highest BCUT2D eigenvalue weighted by Gasteiger charge is 2.31. The molecule has 12 nitrogen and oxygen atoms in total. The number of nitrogens with one attached hydrogen (secondary N) is 3. The summed E-state index contributed by atoms with van der Waals surface area (Å²) in [5.74, 6) is -0.145. The van der Waals surface area contributed by atoms with E-state index in [9.17, 15) is 18.0 Å². The number of hydrogen-bond acceptors (Lipinski definition) is 9. The lowest BCUT2D eigenvalue weighted by atomic mass is 9.72. The monoisotopic (exact) mass is 835 g/mol. The highest BCUT2D eigenvalue weighted by atomic mass is 35.5. The van der Waals surface area contributed by atoms with Gasteiger partial charge in [0.25, 0.3) is 15.9 Å². The number of aryl methyl sites for hydroxylation is 1. The Labute approximate surface area is 350 Å². The van der Waals surface area contributed by atoms with E-state index >= 15 is 0 Å². The molecule has 2 aliphatic heterocycles. The number of likely N-dealkylation sites (N-methyl/N-ethyl adjacent to an activating group) is 1.